The van der Waals surface area contributed by atoms with Crippen LogP contribution >= 0.6 is 0 Å². The number of carbonyl (C=O) groups is 1. The number of nitrogens with zero attached hydrogens (tertiary/aromatic N) is 1. The summed E-state index contributed by atoms with van der Waals surface area (Å²) in [6, 6.07) is 7.92. The maximum atomic E-state index is 12.5. The van der Waals surface area contributed by atoms with E-state index in [9.17, 15) is 4.79 Å². The lowest BCUT2D eigenvalue weighted by Gasteiger charge is -2.18. The lowest BCUT2D eigenvalue weighted by atomic mass is 9.95. The maximum Gasteiger partial charge on any atom is 0.253 e. The summed E-state index contributed by atoms with van der Waals surface area (Å²) in [5.41, 5.74) is 1.82. The van der Waals surface area contributed by atoms with E-state index < -0.39 is 0 Å². The van der Waals surface area contributed by atoms with E-state index in [-0.39, 0.29) is 5.91 Å². The van der Waals surface area contributed by atoms with Gasteiger partial charge in [-0.3, -0.25) is 4.79 Å². The first kappa shape index (κ1) is 12.3. The van der Waals surface area contributed by atoms with Crippen molar-refractivity contribution in [3.05, 3.63) is 36.0 Å². The zero-order valence-electron chi connectivity index (χ0n) is 11.5. The molecule has 2 heterocycles. The molecule has 100 valence electrons. The average molecular weight is 256 g/mol. The molecule has 1 unspecified atom stereocenters. The number of rotatable bonds is 2. The molecule has 0 aliphatic carbocycles. The van der Waals surface area contributed by atoms with Gasteiger partial charge in [-0.1, -0.05) is 19.9 Å². The van der Waals surface area contributed by atoms with Crippen LogP contribution in [0.15, 0.2) is 30.5 Å². The summed E-state index contributed by atoms with van der Waals surface area (Å²) in [7, 11) is 0. The van der Waals surface area contributed by atoms with Gasteiger partial charge in [0.2, 0.25) is 0 Å². The molecule has 1 aromatic carbocycles. The van der Waals surface area contributed by atoms with E-state index in [2.05, 4.69) is 18.8 Å². The summed E-state index contributed by atoms with van der Waals surface area (Å²) in [5.74, 6) is 1.47. The second-order valence-corrected chi connectivity index (χ2v) is 5.82. The van der Waals surface area contributed by atoms with Gasteiger partial charge in [-0.05, 0) is 41.8 Å². The van der Waals surface area contributed by atoms with E-state index in [1.807, 2.05) is 35.4 Å². The Labute approximate surface area is 113 Å². The SMILES string of the molecule is CC(C)C1CCN(C(=O)c2ccc3cc[nH]c3c2)C1. The van der Waals surface area contributed by atoms with Crippen LogP contribution in [0.1, 0.15) is 30.6 Å². The molecule has 1 aliphatic heterocycles. The van der Waals surface area contributed by atoms with Crippen molar-refractivity contribution >= 4 is 16.8 Å². The van der Waals surface area contributed by atoms with Gasteiger partial charge >= 0.3 is 0 Å². The minimum Gasteiger partial charge on any atom is -0.361 e. The maximum absolute atomic E-state index is 12.5. The molecule has 3 rings (SSSR count). The first-order valence-corrected chi connectivity index (χ1v) is 7.01. The van der Waals surface area contributed by atoms with Crippen LogP contribution in [-0.2, 0) is 0 Å². The fraction of sp³-hybridized carbons (Fsp3) is 0.438. The second kappa shape index (κ2) is 4.72. The highest BCUT2D eigenvalue weighted by Gasteiger charge is 2.28. The summed E-state index contributed by atoms with van der Waals surface area (Å²) in [6.07, 6.45) is 3.04. The van der Waals surface area contributed by atoms with E-state index in [1.54, 1.807) is 0 Å². The molecule has 2 aromatic rings. The standard InChI is InChI=1S/C16H20N2O/c1-11(2)14-6-8-18(10-14)16(19)13-4-3-12-5-7-17-15(12)9-13/h3-5,7,9,11,14,17H,6,8,10H2,1-2H3. The van der Waals surface area contributed by atoms with Crippen LogP contribution < -0.4 is 0 Å². The third-order valence-electron chi connectivity index (χ3n) is 4.26. The van der Waals surface area contributed by atoms with Gasteiger partial charge in [0, 0.05) is 30.4 Å². The number of nitrogens with one attached hydrogen (secondary N) is 1. The Morgan fingerprint density at radius 2 is 2.21 bits per heavy atom. The predicted octanol–water partition coefficient (Wildman–Crippen LogP) is 3.29. The largest absolute Gasteiger partial charge is 0.361 e. The van der Waals surface area contributed by atoms with Crippen LogP contribution in [0.5, 0.6) is 0 Å². The van der Waals surface area contributed by atoms with Crippen molar-refractivity contribution in [1.29, 1.82) is 0 Å². The lowest BCUT2D eigenvalue weighted by molar-refractivity contribution is 0.0784. The molecule has 1 aliphatic rings. The van der Waals surface area contributed by atoms with Gasteiger partial charge in [0.25, 0.3) is 5.91 Å². The molecule has 1 atom stereocenters. The van der Waals surface area contributed by atoms with Crippen molar-refractivity contribution in [1.82, 2.24) is 9.88 Å². The molecule has 0 spiro atoms. The summed E-state index contributed by atoms with van der Waals surface area (Å²) >= 11 is 0. The summed E-state index contributed by atoms with van der Waals surface area (Å²) in [4.78, 5) is 17.6. The molecule has 3 heteroatoms. The van der Waals surface area contributed by atoms with Crippen LogP contribution in [0.4, 0.5) is 0 Å². The van der Waals surface area contributed by atoms with Crippen molar-refractivity contribution in [3.63, 3.8) is 0 Å². The number of likely N-dealkylation sites (tertiary alicyclic amines) is 1. The van der Waals surface area contributed by atoms with E-state index in [4.69, 9.17) is 0 Å². The number of aromatic amines is 1. The molecular weight excluding hydrogens is 236 g/mol. The van der Waals surface area contributed by atoms with Crippen molar-refractivity contribution in [3.8, 4) is 0 Å². The predicted molar refractivity (Wildman–Crippen MR) is 77.1 cm³/mol. The molecule has 1 amide bonds. The van der Waals surface area contributed by atoms with Gasteiger partial charge in [0.15, 0.2) is 0 Å². The number of hydrogen-bond donors (Lipinski definition) is 1. The van der Waals surface area contributed by atoms with Gasteiger partial charge in [0.05, 0.1) is 0 Å². The van der Waals surface area contributed by atoms with Crippen molar-refractivity contribution in [2.75, 3.05) is 13.1 Å². The number of aromatic nitrogens is 1. The molecule has 0 radical (unpaired) electrons. The second-order valence-electron chi connectivity index (χ2n) is 5.82. The highest BCUT2D eigenvalue weighted by molar-refractivity contribution is 5.98. The minimum absolute atomic E-state index is 0.166. The molecule has 0 saturated carbocycles. The first-order chi connectivity index (χ1) is 9.15. The van der Waals surface area contributed by atoms with Crippen molar-refractivity contribution in [2.45, 2.75) is 20.3 Å². The zero-order chi connectivity index (χ0) is 13.4. The third-order valence-corrected chi connectivity index (χ3v) is 4.26. The summed E-state index contributed by atoms with van der Waals surface area (Å²) < 4.78 is 0. The van der Waals surface area contributed by atoms with Crippen molar-refractivity contribution < 1.29 is 4.79 Å². The number of fused-ring (bicyclic) bond motifs is 1. The van der Waals surface area contributed by atoms with Crippen LogP contribution in [0.2, 0.25) is 0 Å². The number of hydrogen-bond acceptors (Lipinski definition) is 1. The first-order valence-electron chi connectivity index (χ1n) is 7.01. The van der Waals surface area contributed by atoms with Gasteiger partial charge in [-0.25, -0.2) is 0 Å². The fourth-order valence-electron chi connectivity index (χ4n) is 2.88. The monoisotopic (exact) mass is 256 g/mol. The molecule has 0 bridgehead atoms. The van der Waals surface area contributed by atoms with Gasteiger partial charge in [-0.15, -0.1) is 0 Å². The Hall–Kier alpha value is -1.77. The molecular formula is C16H20N2O. The van der Waals surface area contributed by atoms with Gasteiger partial charge in [-0.2, -0.15) is 0 Å². The highest BCUT2D eigenvalue weighted by Crippen LogP contribution is 2.25. The molecule has 1 fully saturated rings. The minimum atomic E-state index is 0.166. The van der Waals surface area contributed by atoms with Crippen LogP contribution in [0.3, 0.4) is 0 Å². The number of amides is 1. The number of H-pyrrole nitrogens is 1. The molecule has 1 N–H and O–H groups in total. The quantitative estimate of drug-likeness (QED) is 0.879. The smallest absolute Gasteiger partial charge is 0.253 e. The Kier molecular flexibility index (Phi) is 3.05. The van der Waals surface area contributed by atoms with Crippen molar-refractivity contribution in [2.24, 2.45) is 11.8 Å². The molecule has 19 heavy (non-hydrogen) atoms. The number of benzene rings is 1. The third kappa shape index (κ3) is 2.25. The van der Waals surface area contributed by atoms with Crippen LogP contribution in [0, 0.1) is 11.8 Å². The topological polar surface area (TPSA) is 36.1 Å². The molecule has 3 nitrogen and oxygen atoms in total. The van der Waals surface area contributed by atoms with Crippen LogP contribution in [-0.4, -0.2) is 28.9 Å². The normalized spacial score (nSPS) is 19.5. The highest BCUT2D eigenvalue weighted by atomic mass is 16.2. The Morgan fingerprint density at radius 3 is 2.95 bits per heavy atom. The Morgan fingerprint density at radius 1 is 1.37 bits per heavy atom. The Balaban J connectivity index is 1.80. The summed E-state index contributed by atoms with van der Waals surface area (Å²) in [5, 5.41) is 1.15. The number of carbonyl (C=O) groups excluding carboxylic acids is 1. The van der Waals surface area contributed by atoms with Crippen LogP contribution in [0.25, 0.3) is 10.9 Å². The van der Waals surface area contributed by atoms with Gasteiger partial charge in [0.1, 0.15) is 0 Å². The van der Waals surface area contributed by atoms with Gasteiger partial charge < -0.3 is 9.88 Å². The molecule has 1 saturated heterocycles. The zero-order valence-corrected chi connectivity index (χ0v) is 11.5. The Bertz CT molecular complexity index is 600. The van der Waals surface area contributed by atoms with E-state index in [1.165, 1.54) is 0 Å². The fourth-order valence-corrected chi connectivity index (χ4v) is 2.88. The average Bonchev–Trinajstić information content (AvgIpc) is 3.06. The van der Waals surface area contributed by atoms with E-state index in [0.717, 1.165) is 36.0 Å². The lowest BCUT2D eigenvalue weighted by Crippen LogP contribution is -2.29. The van der Waals surface area contributed by atoms with E-state index >= 15 is 0 Å². The van der Waals surface area contributed by atoms with E-state index in [0.29, 0.717) is 11.8 Å². The summed E-state index contributed by atoms with van der Waals surface area (Å²) in [6.45, 7) is 6.27. The molecule has 1 aromatic heterocycles.